The number of carboxylic acid groups (broad SMARTS) is 1. The number of halogens is 2. The summed E-state index contributed by atoms with van der Waals surface area (Å²) in [6, 6.07) is 2.70. The minimum absolute atomic E-state index is 0.114. The van der Waals surface area contributed by atoms with Gasteiger partial charge in [-0.25, -0.2) is 13.6 Å². The van der Waals surface area contributed by atoms with Crippen molar-refractivity contribution in [2.75, 3.05) is 5.75 Å². The number of thioether (sulfide) groups is 1. The normalized spacial score (nSPS) is 23.1. The topological polar surface area (TPSA) is 86.7 Å². The number of aliphatic carboxylic acids is 1. The molecule has 0 bridgehead atoms. The maximum Gasteiger partial charge on any atom is 0.352 e. The molecular formula is C14H12F2N2O4S2. The SMILES string of the molecule is O=C(Cc1cccs1)NC1C(=O)N2C(C(=O)O)=C(C(F)F)CS[C@@H]12. The van der Waals surface area contributed by atoms with E-state index in [4.69, 9.17) is 5.11 Å². The average molecular weight is 374 g/mol. The van der Waals surface area contributed by atoms with Crippen molar-refractivity contribution in [3.8, 4) is 0 Å². The predicted molar refractivity (Wildman–Crippen MR) is 83.7 cm³/mol. The molecule has 2 aliphatic heterocycles. The van der Waals surface area contributed by atoms with E-state index >= 15 is 0 Å². The van der Waals surface area contributed by atoms with Gasteiger partial charge < -0.3 is 10.4 Å². The van der Waals surface area contributed by atoms with Gasteiger partial charge in [-0.1, -0.05) is 6.07 Å². The third-order valence-corrected chi connectivity index (χ3v) is 5.87. The molecule has 10 heteroatoms. The van der Waals surface area contributed by atoms with Gasteiger partial charge in [0.2, 0.25) is 5.91 Å². The van der Waals surface area contributed by atoms with E-state index in [9.17, 15) is 23.2 Å². The molecule has 1 fully saturated rings. The van der Waals surface area contributed by atoms with Gasteiger partial charge in [-0.15, -0.1) is 23.1 Å². The summed E-state index contributed by atoms with van der Waals surface area (Å²) in [6.07, 6.45) is -2.83. The Morgan fingerprint density at radius 1 is 1.46 bits per heavy atom. The molecule has 24 heavy (non-hydrogen) atoms. The number of thiophene rings is 1. The Morgan fingerprint density at radius 3 is 2.79 bits per heavy atom. The zero-order valence-electron chi connectivity index (χ0n) is 12.1. The van der Waals surface area contributed by atoms with Crippen LogP contribution in [0.2, 0.25) is 0 Å². The molecular weight excluding hydrogens is 362 g/mol. The first-order chi connectivity index (χ1) is 11.4. The van der Waals surface area contributed by atoms with Crippen LogP contribution in [0.4, 0.5) is 8.78 Å². The van der Waals surface area contributed by atoms with Gasteiger partial charge in [0.1, 0.15) is 17.1 Å². The molecule has 6 nitrogen and oxygen atoms in total. The predicted octanol–water partition coefficient (Wildman–Crippen LogP) is 1.29. The van der Waals surface area contributed by atoms with Gasteiger partial charge >= 0.3 is 5.97 Å². The largest absolute Gasteiger partial charge is 0.477 e. The van der Waals surface area contributed by atoms with Crippen LogP contribution in [0.25, 0.3) is 0 Å². The molecule has 0 saturated carbocycles. The third kappa shape index (κ3) is 2.91. The molecule has 2 atom stereocenters. The van der Waals surface area contributed by atoms with Crippen molar-refractivity contribution in [2.45, 2.75) is 24.3 Å². The van der Waals surface area contributed by atoms with Crippen LogP contribution in [0.1, 0.15) is 4.88 Å². The van der Waals surface area contributed by atoms with E-state index in [1.807, 2.05) is 5.38 Å². The second-order valence-corrected chi connectivity index (χ2v) is 7.33. The van der Waals surface area contributed by atoms with Crippen molar-refractivity contribution in [1.29, 1.82) is 0 Å². The van der Waals surface area contributed by atoms with Crippen molar-refractivity contribution < 1.29 is 28.3 Å². The lowest BCUT2D eigenvalue weighted by molar-refractivity contribution is -0.150. The van der Waals surface area contributed by atoms with Crippen molar-refractivity contribution in [3.63, 3.8) is 0 Å². The van der Waals surface area contributed by atoms with E-state index in [1.165, 1.54) is 11.3 Å². The minimum Gasteiger partial charge on any atom is -0.477 e. The molecule has 1 saturated heterocycles. The Kier molecular flexibility index (Phi) is 4.59. The summed E-state index contributed by atoms with van der Waals surface area (Å²) in [4.78, 5) is 37.1. The van der Waals surface area contributed by atoms with Gasteiger partial charge in [0.25, 0.3) is 12.3 Å². The number of carbonyl (C=O) groups excluding carboxylic acids is 2. The van der Waals surface area contributed by atoms with Crippen LogP contribution in [-0.2, 0) is 20.8 Å². The van der Waals surface area contributed by atoms with Gasteiger partial charge in [0.15, 0.2) is 0 Å². The number of alkyl halides is 2. The smallest absolute Gasteiger partial charge is 0.352 e. The number of nitrogens with zero attached hydrogens (tertiary/aromatic N) is 1. The Morgan fingerprint density at radius 2 is 2.21 bits per heavy atom. The average Bonchev–Trinajstić information content (AvgIpc) is 3.03. The van der Waals surface area contributed by atoms with E-state index in [-0.39, 0.29) is 18.1 Å². The highest BCUT2D eigenvalue weighted by molar-refractivity contribution is 8.00. The zero-order chi connectivity index (χ0) is 17.4. The third-order valence-electron chi connectivity index (χ3n) is 3.70. The number of fused-ring (bicyclic) bond motifs is 1. The second kappa shape index (κ2) is 6.52. The van der Waals surface area contributed by atoms with Gasteiger partial charge in [-0.05, 0) is 11.4 Å². The number of nitrogens with one attached hydrogen (secondary N) is 1. The number of β-lactam (4-membered cyclic amide) rings is 1. The Balaban J connectivity index is 1.72. The van der Waals surface area contributed by atoms with Crippen LogP contribution in [0.3, 0.4) is 0 Å². The standard InChI is InChI=1S/C14H12F2N2O4S2/c15-11(16)7-5-24-13-9(12(20)18(13)10(7)14(21)22)17-8(19)4-6-2-1-3-23-6/h1-3,9,11,13H,4-5H2,(H,17,19)(H,21,22)/t9?,13-/m0/s1. The number of hydrogen-bond donors (Lipinski definition) is 2. The molecule has 1 unspecified atom stereocenters. The highest BCUT2D eigenvalue weighted by Gasteiger charge is 2.54. The molecule has 128 valence electrons. The fraction of sp³-hybridized carbons (Fsp3) is 0.357. The van der Waals surface area contributed by atoms with E-state index < -0.39 is 41.0 Å². The van der Waals surface area contributed by atoms with Crippen molar-refractivity contribution >= 4 is 40.9 Å². The number of rotatable bonds is 5. The van der Waals surface area contributed by atoms with Crippen LogP contribution in [0, 0.1) is 0 Å². The van der Waals surface area contributed by atoms with Crippen LogP contribution in [0.5, 0.6) is 0 Å². The summed E-state index contributed by atoms with van der Waals surface area (Å²) in [5.41, 5.74) is -1.23. The van der Waals surface area contributed by atoms with E-state index in [0.717, 1.165) is 21.5 Å². The summed E-state index contributed by atoms with van der Waals surface area (Å²) >= 11 is 2.43. The van der Waals surface area contributed by atoms with Crippen LogP contribution in [0.15, 0.2) is 28.8 Å². The molecule has 0 aromatic carbocycles. The summed E-state index contributed by atoms with van der Waals surface area (Å²) in [5.74, 6) is -2.79. The Hall–Kier alpha value is -1.94. The van der Waals surface area contributed by atoms with Gasteiger partial charge in [-0.2, -0.15) is 0 Å². The lowest BCUT2D eigenvalue weighted by Crippen LogP contribution is -2.70. The highest BCUT2D eigenvalue weighted by atomic mass is 32.2. The van der Waals surface area contributed by atoms with Crippen molar-refractivity contribution in [3.05, 3.63) is 33.7 Å². The summed E-state index contributed by atoms with van der Waals surface area (Å²) in [7, 11) is 0. The van der Waals surface area contributed by atoms with Gasteiger partial charge in [0.05, 0.1) is 6.42 Å². The van der Waals surface area contributed by atoms with E-state index in [0.29, 0.717) is 0 Å². The maximum absolute atomic E-state index is 13.0. The molecule has 0 aliphatic carbocycles. The number of amides is 2. The molecule has 3 rings (SSSR count). The first-order valence-corrected chi connectivity index (χ1v) is 8.84. The molecule has 2 aliphatic rings. The van der Waals surface area contributed by atoms with Crippen molar-refractivity contribution in [1.82, 2.24) is 10.2 Å². The second-order valence-electron chi connectivity index (χ2n) is 5.19. The van der Waals surface area contributed by atoms with Gasteiger partial charge in [0, 0.05) is 16.2 Å². The minimum atomic E-state index is -2.94. The summed E-state index contributed by atoms with van der Waals surface area (Å²) in [5, 5.41) is 12.9. The summed E-state index contributed by atoms with van der Waals surface area (Å²) in [6.45, 7) is 0. The molecule has 2 N–H and O–H groups in total. The van der Waals surface area contributed by atoms with Crippen LogP contribution >= 0.6 is 23.1 Å². The van der Waals surface area contributed by atoms with Gasteiger partial charge in [-0.3, -0.25) is 14.5 Å². The van der Waals surface area contributed by atoms with Crippen LogP contribution in [-0.4, -0.2) is 51.4 Å². The number of hydrogen-bond acceptors (Lipinski definition) is 5. The summed E-state index contributed by atoms with van der Waals surface area (Å²) < 4.78 is 25.9. The lowest BCUT2D eigenvalue weighted by atomic mass is 10.0. The lowest BCUT2D eigenvalue weighted by Gasteiger charge is -2.49. The fourth-order valence-corrected chi connectivity index (χ4v) is 4.66. The first-order valence-electron chi connectivity index (χ1n) is 6.91. The molecule has 3 heterocycles. The molecule has 0 spiro atoms. The van der Waals surface area contributed by atoms with Crippen LogP contribution < -0.4 is 5.32 Å². The van der Waals surface area contributed by atoms with E-state index in [2.05, 4.69) is 5.32 Å². The molecule has 1 aromatic rings. The molecule has 2 amide bonds. The molecule has 0 radical (unpaired) electrons. The Labute approximate surface area is 143 Å². The quantitative estimate of drug-likeness (QED) is 0.759. The highest BCUT2D eigenvalue weighted by Crippen LogP contribution is 2.41. The maximum atomic E-state index is 13.0. The Bertz CT molecular complexity index is 720. The number of carbonyl (C=O) groups is 3. The zero-order valence-corrected chi connectivity index (χ0v) is 13.7. The van der Waals surface area contributed by atoms with Crippen molar-refractivity contribution in [2.24, 2.45) is 0 Å². The number of carboxylic acids is 1. The molecule has 1 aromatic heterocycles. The fourth-order valence-electron chi connectivity index (χ4n) is 2.61. The van der Waals surface area contributed by atoms with E-state index in [1.54, 1.807) is 12.1 Å². The monoisotopic (exact) mass is 374 g/mol. The first kappa shape index (κ1) is 16.9.